The van der Waals surface area contributed by atoms with Crippen molar-refractivity contribution < 1.29 is 9.47 Å². The maximum Gasteiger partial charge on any atom is 0.161 e. The Morgan fingerprint density at radius 2 is 1.50 bits per heavy atom. The maximum absolute atomic E-state index is 5.59. The van der Waals surface area contributed by atoms with E-state index in [1.807, 2.05) is 0 Å². The third kappa shape index (κ3) is 3.56. The van der Waals surface area contributed by atoms with E-state index in [9.17, 15) is 0 Å². The van der Waals surface area contributed by atoms with Crippen LogP contribution in [0.1, 0.15) is 40.8 Å². The number of aromatic nitrogens is 2. The number of ether oxygens (including phenoxy) is 2. The Labute approximate surface area is 201 Å². The molecule has 3 aromatic carbocycles. The summed E-state index contributed by atoms with van der Waals surface area (Å²) in [7, 11) is 3.37. The molecule has 1 aromatic heterocycles. The van der Waals surface area contributed by atoms with Crippen LogP contribution in [0.3, 0.4) is 0 Å². The number of rotatable bonds is 4. The lowest BCUT2D eigenvalue weighted by molar-refractivity contribution is 0.353. The molecule has 5 nitrogen and oxygen atoms in total. The summed E-state index contributed by atoms with van der Waals surface area (Å²) in [6, 6.07) is 17.3. The number of methoxy groups -OCH3 is 2. The SMILES string of the molecule is COc1cc2c(cc1OC)C(C)N(c1nnc(-c3c(C)cc(C)cc3C)c3ccccc13)CC2. The van der Waals surface area contributed by atoms with Gasteiger partial charge in [0.25, 0.3) is 0 Å². The minimum Gasteiger partial charge on any atom is -0.493 e. The van der Waals surface area contributed by atoms with Crippen molar-refractivity contribution in [3.63, 3.8) is 0 Å². The Hall–Kier alpha value is -3.60. The predicted octanol–water partition coefficient (Wildman–Crippen LogP) is 6.36. The number of fused-ring (bicyclic) bond motifs is 2. The number of anilines is 1. The van der Waals surface area contributed by atoms with Crippen molar-refractivity contribution in [3.8, 4) is 22.8 Å². The van der Waals surface area contributed by atoms with Crippen molar-refractivity contribution in [1.82, 2.24) is 10.2 Å². The van der Waals surface area contributed by atoms with Gasteiger partial charge in [0.05, 0.1) is 20.3 Å². The molecule has 0 saturated carbocycles. The van der Waals surface area contributed by atoms with E-state index in [1.165, 1.54) is 33.4 Å². The van der Waals surface area contributed by atoms with Crippen molar-refractivity contribution in [1.29, 1.82) is 0 Å². The van der Waals surface area contributed by atoms with Crippen molar-refractivity contribution in [3.05, 3.63) is 76.3 Å². The van der Waals surface area contributed by atoms with Gasteiger partial charge in [0.2, 0.25) is 0 Å². The molecule has 0 saturated heterocycles. The van der Waals surface area contributed by atoms with Gasteiger partial charge in [-0.2, -0.15) is 0 Å². The van der Waals surface area contributed by atoms with Crippen molar-refractivity contribution in [2.24, 2.45) is 0 Å². The Kier molecular flexibility index (Phi) is 5.64. The second-order valence-electron chi connectivity index (χ2n) is 9.22. The van der Waals surface area contributed by atoms with E-state index in [0.29, 0.717) is 0 Å². The first kappa shape index (κ1) is 22.2. The van der Waals surface area contributed by atoms with E-state index in [2.05, 4.69) is 81.1 Å². The zero-order valence-electron chi connectivity index (χ0n) is 20.8. The molecule has 1 aliphatic heterocycles. The van der Waals surface area contributed by atoms with Crippen molar-refractivity contribution in [2.75, 3.05) is 25.7 Å². The molecule has 0 N–H and O–H groups in total. The smallest absolute Gasteiger partial charge is 0.161 e. The average Bonchev–Trinajstić information content (AvgIpc) is 2.83. The molecule has 0 spiro atoms. The van der Waals surface area contributed by atoms with Gasteiger partial charge in [0.15, 0.2) is 17.3 Å². The summed E-state index contributed by atoms with van der Waals surface area (Å²) in [6.07, 6.45) is 0.911. The zero-order chi connectivity index (χ0) is 24.0. The number of hydrogen-bond donors (Lipinski definition) is 0. The molecular formula is C29H31N3O2. The van der Waals surface area contributed by atoms with Crippen molar-refractivity contribution >= 4 is 16.6 Å². The highest BCUT2D eigenvalue weighted by Crippen LogP contribution is 2.42. The second-order valence-corrected chi connectivity index (χ2v) is 9.22. The summed E-state index contributed by atoms with van der Waals surface area (Å²) in [4.78, 5) is 2.36. The highest BCUT2D eigenvalue weighted by molar-refractivity contribution is 6.01. The van der Waals surface area contributed by atoms with E-state index in [4.69, 9.17) is 19.7 Å². The molecule has 0 fully saturated rings. The fourth-order valence-corrected chi connectivity index (χ4v) is 5.47. The molecule has 5 heteroatoms. The van der Waals surface area contributed by atoms with Gasteiger partial charge >= 0.3 is 0 Å². The Morgan fingerprint density at radius 3 is 2.18 bits per heavy atom. The zero-order valence-corrected chi connectivity index (χ0v) is 20.8. The fourth-order valence-electron chi connectivity index (χ4n) is 5.47. The van der Waals surface area contributed by atoms with Crippen LogP contribution >= 0.6 is 0 Å². The molecule has 0 radical (unpaired) electrons. The summed E-state index contributed by atoms with van der Waals surface area (Å²) in [5.74, 6) is 2.46. The summed E-state index contributed by atoms with van der Waals surface area (Å²) in [6.45, 7) is 9.54. The van der Waals surface area contributed by atoms with E-state index >= 15 is 0 Å². The first-order valence-corrected chi connectivity index (χ1v) is 11.8. The maximum atomic E-state index is 5.59. The standard InChI is InChI=1S/C29H31N3O2/c1-17-13-18(2)27(19(3)14-17)28-22-9-7-8-10-23(22)29(31-30-28)32-12-11-21-15-25(33-5)26(34-6)16-24(21)20(32)4/h7-10,13-16,20H,11-12H2,1-6H3. The quantitative estimate of drug-likeness (QED) is 0.360. The molecule has 0 amide bonds. The Balaban J connectivity index is 1.64. The minimum absolute atomic E-state index is 0.134. The van der Waals surface area contributed by atoms with Crippen LogP contribution in [-0.4, -0.2) is 31.0 Å². The summed E-state index contributed by atoms with van der Waals surface area (Å²) >= 11 is 0. The Morgan fingerprint density at radius 1 is 0.853 bits per heavy atom. The van der Waals surface area contributed by atoms with Gasteiger partial charge in [-0.15, -0.1) is 10.2 Å². The van der Waals surface area contributed by atoms with Gasteiger partial charge < -0.3 is 14.4 Å². The molecular weight excluding hydrogens is 422 g/mol. The van der Waals surface area contributed by atoms with Crippen LogP contribution in [0.2, 0.25) is 0 Å². The van der Waals surface area contributed by atoms with Crippen LogP contribution in [-0.2, 0) is 6.42 Å². The molecule has 1 aliphatic rings. The number of aryl methyl sites for hydroxylation is 3. The molecule has 0 bridgehead atoms. The van der Waals surface area contributed by atoms with E-state index in [-0.39, 0.29) is 6.04 Å². The number of benzene rings is 3. The molecule has 1 atom stereocenters. The molecule has 2 heterocycles. The number of nitrogens with zero attached hydrogens (tertiary/aromatic N) is 3. The summed E-state index contributed by atoms with van der Waals surface area (Å²) in [5.41, 5.74) is 8.38. The van der Waals surface area contributed by atoms with E-state index < -0.39 is 0 Å². The monoisotopic (exact) mass is 453 g/mol. The lowest BCUT2D eigenvalue weighted by Crippen LogP contribution is -2.35. The molecule has 5 rings (SSSR count). The van der Waals surface area contributed by atoms with E-state index in [0.717, 1.165) is 46.7 Å². The van der Waals surface area contributed by atoms with Gasteiger partial charge in [-0.1, -0.05) is 42.0 Å². The van der Waals surface area contributed by atoms with E-state index in [1.54, 1.807) is 14.2 Å². The molecule has 0 aliphatic carbocycles. The number of hydrogen-bond acceptors (Lipinski definition) is 5. The molecule has 174 valence electrons. The lowest BCUT2D eigenvalue weighted by Gasteiger charge is -2.37. The largest absolute Gasteiger partial charge is 0.493 e. The first-order chi connectivity index (χ1) is 16.4. The van der Waals surface area contributed by atoms with Crippen LogP contribution < -0.4 is 14.4 Å². The predicted molar refractivity (Wildman–Crippen MR) is 138 cm³/mol. The molecule has 34 heavy (non-hydrogen) atoms. The van der Waals surface area contributed by atoms with Crippen LogP contribution in [0.25, 0.3) is 22.0 Å². The third-order valence-corrected chi connectivity index (χ3v) is 7.04. The summed E-state index contributed by atoms with van der Waals surface area (Å²) in [5, 5.41) is 11.9. The van der Waals surface area contributed by atoms with Crippen LogP contribution in [0.5, 0.6) is 11.5 Å². The third-order valence-electron chi connectivity index (χ3n) is 7.04. The van der Waals surface area contributed by atoms with Gasteiger partial charge in [-0.3, -0.25) is 0 Å². The van der Waals surface area contributed by atoms with Gasteiger partial charge in [-0.05, 0) is 68.5 Å². The van der Waals surface area contributed by atoms with Crippen LogP contribution in [0.15, 0.2) is 48.5 Å². The molecule has 1 unspecified atom stereocenters. The normalized spacial score (nSPS) is 15.4. The van der Waals surface area contributed by atoms with Crippen molar-refractivity contribution in [2.45, 2.75) is 40.2 Å². The molecule has 4 aromatic rings. The first-order valence-electron chi connectivity index (χ1n) is 11.8. The average molecular weight is 454 g/mol. The van der Waals surface area contributed by atoms with Crippen LogP contribution in [0, 0.1) is 20.8 Å². The highest BCUT2D eigenvalue weighted by atomic mass is 16.5. The van der Waals surface area contributed by atoms with Gasteiger partial charge in [0.1, 0.15) is 5.69 Å². The second kappa shape index (κ2) is 8.64. The van der Waals surface area contributed by atoms with Crippen LogP contribution in [0.4, 0.5) is 5.82 Å². The highest BCUT2D eigenvalue weighted by Gasteiger charge is 2.29. The van der Waals surface area contributed by atoms with Gasteiger partial charge in [0, 0.05) is 22.9 Å². The summed E-state index contributed by atoms with van der Waals surface area (Å²) < 4.78 is 11.1. The Bertz CT molecular complexity index is 1370. The van der Waals surface area contributed by atoms with Gasteiger partial charge in [-0.25, -0.2) is 0 Å². The lowest BCUT2D eigenvalue weighted by atomic mass is 9.92. The fraction of sp³-hybridized carbons (Fsp3) is 0.310. The minimum atomic E-state index is 0.134. The topological polar surface area (TPSA) is 47.5 Å².